The number of aromatic hydroxyl groups is 1. The zero-order valence-electron chi connectivity index (χ0n) is 7.58. The van der Waals surface area contributed by atoms with Crippen molar-refractivity contribution < 1.29 is 18.1 Å². The molecule has 0 aromatic heterocycles. The predicted octanol–water partition coefficient (Wildman–Crippen LogP) is 1.14. The number of phenols is 1. The quantitative estimate of drug-likeness (QED) is 0.598. The first-order valence-corrected chi connectivity index (χ1v) is 5.61. The fraction of sp³-hybridized carbons (Fsp3) is 0. The molecular weight excluding hydrogens is 255 g/mol. The summed E-state index contributed by atoms with van der Waals surface area (Å²) in [6, 6.07) is 8.80. The molecule has 16 heavy (non-hydrogen) atoms. The number of rotatable bonds is 1. The van der Waals surface area contributed by atoms with Crippen molar-refractivity contribution in [2.24, 2.45) is 0 Å². The molecule has 0 saturated carbocycles. The number of hydrogen-bond acceptors (Lipinski definition) is 3. The predicted molar refractivity (Wildman–Crippen MR) is 62.6 cm³/mol. The first kappa shape index (κ1) is 14.1. The van der Waals surface area contributed by atoms with E-state index in [2.05, 4.69) is 0 Å². The summed E-state index contributed by atoms with van der Waals surface area (Å²) in [5, 5.41) is 10.6. The third kappa shape index (κ3) is 3.04. The van der Waals surface area contributed by atoms with E-state index in [1.165, 1.54) is 24.3 Å². The monoisotopic (exact) mass is 264 g/mol. The van der Waals surface area contributed by atoms with Gasteiger partial charge in [-0.2, -0.15) is 8.42 Å². The number of phenolic OH excluding ortho intramolecular Hbond substituents is 1. The third-order valence-electron chi connectivity index (χ3n) is 2.09. The van der Waals surface area contributed by atoms with Crippen molar-refractivity contribution in [1.29, 1.82) is 0 Å². The fourth-order valence-corrected chi connectivity index (χ4v) is 1.89. The SMILES string of the molecule is O=S(=O)(O)c1ccc2ccc(O)cc2c1.[KH]. The fourth-order valence-electron chi connectivity index (χ4n) is 1.37. The van der Waals surface area contributed by atoms with Crippen LogP contribution in [-0.2, 0) is 10.1 Å². The first-order valence-electron chi connectivity index (χ1n) is 4.17. The van der Waals surface area contributed by atoms with Crippen LogP contribution in [0.4, 0.5) is 0 Å². The van der Waals surface area contributed by atoms with Crippen LogP contribution in [0.1, 0.15) is 0 Å². The second kappa shape index (κ2) is 5.13. The average Bonchev–Trinajstić information content (AvgIpc) is 2.15. The molecule has 2 N–H and O–H groups in total. The normalized spacial score (nSPS) is 11.1. The Morgan fingerprint density at radius 3 is 2.19 bits per heavy atom. The van der Waals surface area contributed by atoms with E-state index in [1.54, 1.807) is 12.1 Å². The molecule has 0 aliphatic rings. The molecule has 0 bridgehead atoms. The van der Waals surface area contributed by atoms with Crippen LogP contribution in [0.2, 0.25) is 0 Å². The molecule has 0 aliphatic heterocycles. The molecule has 0 radical (unpaired) electrons. The van der Waals surface area contributed by atoms with Gasteiger partial charge in [0.2, 0.25) is 0 Å². The van der Waals surface area contributed by atoms with Gasteiger partial charge in [-0.05, 0) is 35.0 Å². The van der Waals surface area contributed by atoms with Gasteiger partial charge < -0.3 is 5.11 Å². The molecular formula is C10H9KO4S. The van der Waals surface area contributed by atoms with Crippen LogP contribution in [-0.4, -0.2) is 69.5 Å². The Hall–Kier alpha value is 0.0464. The van der Waals surface area contributed by atoms with Crippen molar-refractivity contribution in [3.8, 4) is 5.75 Å². The Kier molecular flexibility index (Phi) is 4.53. The van der Waals surface area contributed by atoms with Gasteiger partial charge in [-0.1, -0.05) is 12.1 Å². The van der Waals surface area contributed by atoms with E-state index in [4.69, 9.17) is 4.55 Å². The van der Waals surface area contributed by atoms with Crippen molar-refractivity contribution in [3.63, 3.8) is 0 Å². The molecule has 0 amide bonds. The molecule has 0 unspecified atom stereocenters. The molecule has 0 spiro atoms. The minimum absolute atomic E-state index is 0. The van der Waals surface area contributed by atoms with Crippen LogP contribution >= 0.6 is 0 Å². The zero-order chi connectivity index (χ0) is 11.1. The van der Waals surface area contributed by atoms with Gasteiger partial charge in [0.1, 0.15) is 5.75 Å². The van der Waals surface area contributed by atoms with Crippen LogP contribution in [0.15, 0.2) is 41.3 Å². The van der Waals surface area contributed by atoms with Gasteiger partial charge >= 0.3 is 51.4 Å². The summed E-state index contributed by atoms with van der Waals surface area (Å²) >= 11 is 0. The summed E-state index contributed by atoms with van der Waals surface area (Å²) in [5.41, 5.74) is 0. The molecule has 2 rings (SSSR count). The molecule has 0 heterocycles. The van der Waals surface area contributed by atoms with Gasteiger partial charge in [0.05, 0.1) is 4.90 Å². The van der Waals surface area contributed by atoms with Crippen molar-refractivity contribution in [2.45, 2.75) is 4.90 Å². The number of fused-ring (bicyclic) bond motifs is 1. The van der Waals surface area contributed by atoms with Crippen molar-refractivity contribution in [2.75, 3.05) is 0 Å². The van der Waals surface area contributed by atoms with E-state index in [0.29, 0.717) is 5.39 Å². The minimum atomic E-state index is -4.19. The van der Waals surface area contributed by atoms with E-state index in [-0.39, 0.29) is 62.0 Å². The summed E-state index contributed by atoms with van der Waals surface area (Å²) in [7, 11) is -4.19. The number of hydrogen-bond donors (Lipinski definition) is 2. The van der Waals surface area contributed by atoms with Gasteiger partial charge in [-0.15, -0.1) is 0 Å². The van der Waals surface area contributed by atoms with E-state index < -0.39 is 10.1 Å². The zero-order valence-corrected chi connectivity index (χ0v) is 8.40. The van der Waals surface area contributed by atoms with Crippen LogP contribution in [0, 0.1) is 0 Å². The summed E-state index contributed by atoms with van der Waals surface area (Å²) in [6.45, 7) is 0. The molecule has 0 saturated heterocycles. The summed E-state index contributed by atoms with van der Waals surface area (Å²) in [4.78, 5) is -0.180. The van der Waals surface area contributed by atoms with Crippen LogP contribution < -0.4 is 0 Å². The van der Waals surface area contributed by atoms with E-state index in [1.807, 2.05) is 0 Å². The second-order valence-corrected chi connectivity index (χ2v) is 4.59. The van der Waals surface area contributed by atoms with Gasteiger partial charge in [-0.3, -0.25) is 4.55 Å². The molecule has 2 aromatic rings. The second-order valence-electron chi connectivity index (χ2n) is 3.17. The first-order chi connectivity index (χ1) is 6.97. The molecule has 0 aliphatic carbocycles. The molecule has 4 nitrogen and oxygen atoms in total. The Balaban J connectivity index is 0.00000128. The Morgan fingerprint density at radius 2 is 1.56 bits per heavy atom. The van der Waals surface area contributed by atoms with Crippen LogP contribution in [0.25, 0.3) is 10.8 Å². The van der Waals surface area contributed by atoms with Crippen molar-refractivity contribution in [1.82, 2.24) is 0 Å². The molecule has 80 valence electrons. The topological polar surface area (TPSA) is 74.6 Å². The standard InChI is InChI=1S/C10H8O4S.K.H/c11-9-3-1-7-2-4-10(15(12,13)14)6-8(7)5-9;;/h1-6,11H,(H,12,13,14);;. The van der Waals surface area contributed by atoms with Gasteiger partial charge in [0.15, 0.2) is 0 Å². The molecule has 0 fully saturated rings. The van der Waals surface area contributed by atoms with Crippen molar-refractivity contribution in [3.05, 3.63) is 36.4 Å². The average molecular weight is 264 g/mol. The maximum atomic E-state index is 10.9. The van der Waals surface area contributed by atoms with Gasteiger partial charge in [0.25, 0.3) is 10.1 Å². The molecule has 6 heteroatoms. The maximum absolute atomic E-state index is 10.9. The van der Waals surface area contributed by atoms with E-state index in [0.717, 1.165) is 5.39 Å². The Bertz CT molecular complexity index is 622. The number of benzene rings is 2. The van der Waals surface area contributed by atoms with E-state index in [9.17, 15) is 13.5 Å². The van der Waals surface area contributed by atoms with Crippen LogP contribution in [0.5, 0.6) is 5.75 Å². The molecule has 0 atom stereocenters. The Morgan fingerprint density at radius 1 is 0.938 bits per heavy atom. The van der Waals surface area contributed by atoms with E-state index >= 15 is 0 Å². The van der Waals surface area contributed by atoms with Crippen molar-refractivity contribution >= 4 is 72.3 Å². The Labute approximate surface area is 135 Å². The van der Waals surface area contributed by atoms with Crippen LogP contribution in [0.3, 0.4) is 0 Å². The molecule has 2 aromatic carbocycles. The third-order valence-corrected chi connectivity index (χ3v) is 2.94. The summed E-state index contributed by atoms with van der Waals surface area (Å²) in [5.74, 6) is 0.0509. The summed E-state index contributed by atoms with van der Waals surface area (Å²) < 4.78 is 30.5. The van der Waals surface area contributed by atoms with Gasteiger partial charge in [-0.25, -0.2) is 0 Å². The van der Waals surface area contributed by atoms with Gasteiger partial charge in [0, 0.05) is 0 Å². The summed E-state index contributed by atoms with van der Waals surface area (Å²) in [6.07, 6.45) is 0.